The minimum Gasteiger partial charge on any atom is -0.396 e. The van der Waals surface area contributed by atoms with Gasteiger partial charge in [-0.05, 0) is 6.42 Å². The zero-order chi connectivity index (χ0) is 16.1. The fourth-order valence-corrected chi connectivity index (χ4v) is 2.24. The van der Waals surface area contributed by atoms with Crippen molar-refractivity contribution in [3.63, 3.8) is 0 Å². The largest absolute Gasteiger partial charge is 0.396 e. The Bertz CT molecular complexity index is 597. The molecule has 0 bridgehead atoms. The van der Waals surface area contributed by atoms with Gasteiger partial charge in [0.2, 0.25) is 0 Å². The molecule has 3 atom stereocenters. The lowest BCUT2D eigenvalue weighted by Crippen LogP contribution is -2.34. The summed E-state index contributed by atoms with van der Waals surface area (Å²) in [7, 11) is 0. The van der Waals surface area contributed by atoms with Gasteiger partial charge in [0.1, 0.15) is 12.3 Å². The van der Waals surface area contributed by atoms with Crippen LogP contribution in [-0.4, -0.2) is 56.9 Å². The highest BCUT2D eigenvalue weighted by molar-refractivity contribution is 5.04. The monoisotopic (exact) mass is 316 g/mol. The molecule has 0 aromatic carbocycles. The number of aromatic amines is 1. The molecule has 22 heavy (non-hydrogen) atoms. The van der Waals surface area contributed by atoms with Gasteiger partial charge in [0.15, 0.2) is 0 Å². The van der Waals surface area contributed by atoms with Crippen molar-refractivity contribution in [1.82, 2.24) is 9.55 Å². The van der Waals surface area contributed by atoms with Crippen LogP contribution in [0.2, 0.25) is 0 Å². The third kappa shape index (κ3) is 3.81. The van der Waals surface area contributed by atoms with E-state index in [-0.39, 0.29) is 31.8 Å². The molecule has 1 saturated heterocycles. The molecule has 0 aliphatic carbocycles. The Kier molecular flexibility index (Phi) is 5.86. The maximum Gasteiger partial charge on any atom is 0.330 e. The maximum atomic E-state index is 11.9. The number of H-pyrrole nitrogens is 1. The minimum absolute atomic E-state index is 0.00564. The summed E-state index contributed by atoms with van der Waals surface area (Å²) in [5.74, 6) is 0. The summed E-state index contributed by atoms with van der Waals surface area (Å²) in [6.07, 6.45) is -0.466. The standard InChI is InChI=1S/C13H20N2O7/c16-2-1-3-21-7-8-5-15(13(20)14-12(8)19)11-4-9(18)10(6-17)22-11/h5,9-11,16-18H,1-4,6-7H2,(H,14,19,20)/t9-,10+,11+/m0/s1. The zero-order valence-electron chi connectivity index (χ0n) is 12.0. The third-order valence-electron chi connectivity index (χ3n) is 3.44. The first-order chi connectivity index (χ1) is 10.6. The molecule has 1 aliphatic rings. The van der Waals surface area contributed by atoms with Gasteiger partial charge in [-0.25, -0.2) is 4.79 Å². The molecule has 0 spiro atoms. The number of aliphatic hydroxyl groups is 3. The first-order valence-electron chi connectivity index (χ1n) is 7.04. The fraction of sp³-hybridized carbons (Fsp3) is 0.692. The molecule has 1 aromatic heterocycles. The first kappa shape index (κ1) is 16.8. The lowest BCUT2D eigenvalue weighted by atomic mass is 10.2. The van der Waals surface area contributed by atoms with Gasteiger partial charge < -0.3 is 24.8 Å². The molecule has 1 fully saturated rings. The Hall–Kier alpha value is -1.52. The van der Waals surface area contributed by atoms with Gasteiger partial charge in [0.25, 0.3) is 5.56 Å². The molecule has 0 radical (unpaired) electrons. The van der Waals surface area contributed by atoms with Gasteiger partial charge in [-0.1, -0.05) is 0 Å². The summed E-state index contributed by atoms with van der Waals surface area (Å²) in [4.78, 5) is 25.8. The van der Waals surface area contributed by atoms with E-state index in [0.717, 1.165) is 0 Å². The van der Waals surface area contributed by atoms with Gasteiger partial charge in [0.05, 0.1) is 24.9 Å². The molecule has 2 heterocycles. The van der Waals surface area contributed by atoms with Crippen molar-refractivity contribution >= 4 is 0 Å². The van der Waals surface area contributed by atoms with Crippen LogP contribution < -0.4 is 11.2 Å². The van der Waals surface area contributed by atoms with Gasteiger partial charge in [-0.3, -0.25) is 14.3 Å². The van der Waals surface area contributed by atoms with E-state index in [0.29, 0.717) is 13.0 Å². The Balaban J connectivity index is 2.15. The number of nitrogens with zero attached hydrogens (tertiary/aromatic N) is 1. The van der Waals surface area contributed by atoms with E-state index in [2.05, 4.69) is 4.98 Å². The second-order valence-electron chi connectivity index (χ2n) is 5.07. The van der Waals surface area contributed by atoms with Crippen molar-refractivity contribution in [2.45, 2.75) is 37.9 Å². The summed E-state index contributed by atoms with van der Waals surface area (Å²) in [6.45, 7) is -0.0757. The predicted octanol–water partition coefficient (Wildman–Crippen LogP) is -1.92. The molecule has 124 valence electrons. The van der Waals surface area contributed by atoms with Gasteiger partial charge in [-0.15, -0.1) is 0 Å². The van der Waals surface area contributed by atoms with Crippen molar-refractivity contribution in [3.8, 4) is 0 Å². The van der Waals surface area contributed by atoms with Crippen LogP contribution in [0.3, 0.4) is 0 Å². The van der Waals surface area contributed by atoms with Crippen molar-refractivity contribution in [2.24, 2.45) is 0 Å². The fourth-order valence-electron chi connectivity index (χ4n) is 2.24. The third-order valence-corrected chi connectivity index (χ3v) is 3.44. The average Bonchev–Trinajstić information content (AvgIpc) is 2.86. The van der Waals surface area contributed by atoms with E-state index in [4.69, 9.17) is 19.7 Å². The minimum atomic E-state index is -0.877. The van der Waals surface area contributed by atoms with Gasteiger partial charge in [0, 0.05) is 25.8 Å². The number of hydrogen-bond donors (Lipinski definition) is 4. The second kappa shape index (κ2) is 7.65. The van der Waals surface area contributed by atoms with Crippen LogP contribution in [0.5, 0.6) is 0 Å². The number of hydrogen-bond acceptors (Lipinski definition) is 7. The Morgan fingerprint density at radius 3 is 2.82 bits per heavy atom. The molecule has 1 aliphatic heterocycles. The lowest BCUT2D eigenvalue weighted by molar-refractivity contribution is -0.0461. The van der Waals surface area contributed by atoms with Crippen molar-refractivity contribution in [3.05, 3.63) is 32.6 Å². The summed E-state index contributed by atoms with van der Waals surface area (Å²) < 4.78 is 11.8. The molecule has 2 rings (SSSR count). The predicted molar refractivity (Wildman–Crippen MR) is 74.3 cm³/mol. The number of nitrogens with one attached hydrogen (secondary N) is 1. The normalized spacial score (nSPS) is 24.8. The highest BCUT2D eigenvalue weighted by Crippen LogP contribution is 2.27. The molecule has 0 unspecified atom stereocenters. The molecular formula is C13H20N2O7. The Morgan fingerprint density at radius 1 is 1.41 bits per heavy atom. The van der Waals surface area contributed by atoms with E-state index < -0.39 is 29.7 Å². The van der Waals surface area contributed by atoms with Crippen LogP contribution in [-0.2, 0) is 16.1 Å². The summed E-state index contributed by atoms with van der Waals surface area (Å²) in [5.41, 5.74) is -0.967. The van der Waals surface area contributed by atoms with Crippen molar-refractivity contribution < 1.29 is 24.8 Å². The molecule has 0 amide bonds. The Labute approximate surface area is 125 Å². The maximum absolute atomic E-state index is 11.9. The summed E-state index contributed by atoms with van der Waals surface area (Å²) >= 11 is 0. The second-order valence-corrected chi connectivity index (χ2v) is 5.07. The van der Waals surface area contributed by atoms with Gasteiger partial charge in [-0.2, -0.15) is 0 Å². The number of aromatic nitrogens is 2. The SMILES string of the molecule is O=c1[nH]c(=O)n([C@H]2C[C@H](O)[C@@H](CO)O2)cc1COCCCO. The zero-order valence-corrected chi connectivity index (χ0v) is 12.0. The quantitative estimate of drug-likeness (QED) is 0.431. The van der Waals surface area contributed by atoms with Crippen LogP contribution in [0.4, 0.5) is 0 Å². The summed E-state index contributed by atoms with van der Waals surface area (Å²) in [6, 6.07) is 0. The van der Waals surface area contributed by atoms with Crippen LogP contribution in [0.1, 0.15) is 24.6 Å². The van der Waals surface area contributed by atoms with Crippen LogP contribution >= 0.6 is 0 Å². The van der Waals surface area contributed by atoms with Crippen LogP contribution in [0.25, 0.3) is 0 Å². The van der Waals surface area contributed by atoms with Gasteiger partial charge >= 0.3 is 5.69 Å². The topological polar surface area (TPSA) is 134 Å². The van der Waals surface area contributed by atoms with E-state index in [1.165, 1.54) is 10.8 Å². The Morgan fingerprint density at radius 2 is 2.18 bits per heavy atom. The molecule has 9 nitrogen and oxygen atoms in total. The molecule has 1 aromatic rings. The average molecular weight is 316 g/mol. The molecule has 9 heteroatoms. The number of ether oxygens (including phenoxy) is 2. The highest BCUT2D eigenvalue weighted by Gasteiger charge is 2.35. The van der Waals surface area contributed by atoms with Crippen molar-refractivity contribution in [1.29, 1.82) is 0 Å². The smallest absolute Gasteiger partial charge is 0.330 e. The van der Waals surface area contributed by atoms with Crippen molar-refractivity contribution in [2.75, 3.05) is 19.8 Å². The van der Waals surface area contributed by atoms with E-state index in [9.17, 15) is 14.7 Å². The molecular weight excluding hydrogens is 296 g/mol. The van der Waals surface area contributed by atoms with Crippen LogP contribution in [0, 0.1) is 0 Å². The van der Waals surface area contributed by atoms with E-state index in [1.54, 1.807) is 0 Å². The summed E-state index contributed by atoms with van der Waals surface area (Å²) in [5, 5.41) is 27.4. The van der Waals surface area contributed by atoms with Crippen LogP contribution in [0.15, 0.2) is 15.8 Å². The molecule has 4 N–H and O–H groups in total. The number of rotatable bonds is 7. The lowest BCUT2D eigenvalue weighted by Gasteiger charge is -2.15. The van der Waals surface area contributed by atoms with E-state index >= 15 is 0 Å². The number of aliphatic hydroxyl groups excluding tert-OH is 3. The molecule has 0 saturated carbocycles. The van der Waals surface area contributed by atoms with E-state index in [1.807, 2.05) is 0 Å². The first-order valence-corrected chi connectivity index (χ1v) is 7.04. The highest BCUT2D eigenvalue weighted by atomic mass is 16.5.